The maximum atomic E-state index is 3.50. The highest BCUT2D eigenvalue weighted by molar-refractivity contribution is 6.11. The molecule has 0 saturated carbocycles. The maximum Gasteiger partial charge on any atom is 0.0618 e. The molecule has 8 aromatic carbocycles. The number of anilines is 3. The number of hydrogen-bond acceptors (Lipinski definition) is 1. The van der Waals surface area contributed by atoms with Crippen LogP contribution in [0.3, 0.4) is 0 Å². The van der Waals surface area contributed by atoms with Crippen LogP contribution >= 0.6 is 0 Å². The molecule has 0 unspecified atom stereocenters. The summed E-state index contributed by atoms with van der Waals surface area (Å²) >= 11 is 0. The molecule has 2 heteroatoms. The third kappa shape index (κ3) is 5.19. The second-order valence-corrected chi connectivity index (χ2v) is 12.4. The summed E-state index contributed by atoms with van der Waals surface area (Å²) in [6, 6.07) is 68.9. The number of aromatic nitrogens is 1. The zero-order chi connectivity index (χ0) is 33.3. The summed E-state index contributed by atoms with van der Waals surface area (Å²) in [6.45, 7) is 0. The fourth-order valence-electron chi connectivity index (χ4n) is 7.13. The van der Waals surface area contributed by atoms with Gasteiger partial charge in [-0.05, 0) is 65.5 Å². The van der Waals surface area contributed by atoms with Crippen molar-refractivity contribution in [2.75, 3.05) is 4.90 Å². The fraction of sp³-hybridized carbons (Fsp3) is 0. The van der Waals surface area contributed by atoms with Crippen molar-refractivity contribution in [1.82, 2.24) is 4.57 Å². The van der Waals surface area contributed by atoms with Crippen molar-refractivity contribution < 1.29 is 0 Å². The molecule has 1 aromatic heterocycles. The first-order valence-corrected chi connectivity index (χ1v) is 17.0. The summed E-state index contributed by atoms with van der Waals surface area (Å²) in [5.74, 6) is 6.90. The van der Waals surface area contributed by atoms with Crippen molar-refractivity contribution in [3.8, 4) is 28.7 Å². The molecular formula is C48H32N2. The van der Waals surface area contributed by atoms with E-state index in [0.717, 1.165) is 44.9 Å². The summed E-state index contributed by atoms with van der Waals surface area (Å²) < 4.78 is 2.38. The van der Waals surface area contributed by atoms with Gasteiger partial charge >= 0.3 is 0 Å². The average Bonchev–Trinajstić information content (AvgIpc) is 3.52. The van der Waals surface area contributed by atoms with E-state index in [9.17, 15) is 0 Å². The highest BCUT2D eigenvalue weighted by Gasteiger charge is 2.21. The predicted molar refractivity (Wildman–Crippen MR) is 211 cm³/mol. The lowest BCUT2D eigenvalue weighted by Crippen LogP contribution is -2.12. The molecule has 50 heavy (non-hydrogen) atoms. The Morgan fingerprint density at radius 3 is 1.94 bits per heavy atom. The monoisotopic (exact) mass is 636 g/mol. The topological polar surface area (TPSA) is 8.17 Å². The second kappa shape index (κ2) is 12.7. The number of rotatable bonds is 5. The van der Waals surface area contributed by atoms with E-state index >= 15 is 0 Å². The quantitative estimate of drug-likeness (QED) is 0.171. The second-order valence-electron chi connectivity index (χ2n) is 12.4. The SMILES string of the molecule is C(#Cc1ccccc1-n1c2ccccc2c2ccc(N(c3ccccc3-c3ccccc3)c3cccc4ccccc34)cc21)c1ccccc1. The van der Waals surface area contributed by atoms with Gasteiger partial charge in [0.1, 0.15) is 0 Å². The van der Waals surface area contributed by atoms with Gasteiger partial charge in [-0.1, -0.05) is 151 Å². The molecular weight excluding hydrogens is 605 g/mol. The van der Waals surface area contributed by atoms with Gasteiger partial charge in [-0.25, -0.2) is 0 Å². The molecule has 234 valence electrons. The first kappa shape index (κ1) is 29.3. The van der Waals surface area contributed by atoms with Crippen LogP contribution in [0.25, 0.3) is 49.4 Å². The van der Waals surface area contributed by atoms with E-state index < -0.39 is 0 Å². The molecule has 0 spiro atoms. The van der Waals surface area contributed by atoms with Gasteiger partial charge in [-0.2, -0.15) is 0 Å². The lowest BCUT2D eigenvalue weighted by molar-refractivity contribution is 1.17. The van der Waals surface area contributed by atoms with Gasteiger partial charge in [0.2, 0.25) is 0 Å². The molecule has 1 heterocycles. The molecule has 2 nitrogen and oxygen atoms in total. The molecule has 0 saturated heterocycles. The van der Waals surface area contributed by atoms with E-state index in [0.29, 0.717) is 0 Å². The molecule has 0 aliphatic rings. The van der Waals surface area contributed by atoms with Crippen LogP contribution in [0.4, 0.5) is 17.1 Å². The van der Waals surface area contributed by atoms with E-state index in [2.05, 4.69) is 197 Å². The molecule has 0 atom stereocenters. The molecule has 0 aliphatic carbocycles. The highest BCUT2D eigenvalue weighted by atomic mass is 15.1. The molecule has 0 fully saturated rings. The zero-order valence-corrected chi connectivity index (χ0v) is 27.4. The van der Waals surface area contributed by atoms with Crippen molar-refractivity contribution in [3.05, 3.63) is 205 Å². The Hall–Kier alpha value is -6.82. The largest absolute Gasteiger partial charge is 0.309 e. The Kier molecular flexibility index (Phi) is 7.42. The Balaban J connectivity index is 1.32. The minimum Gasteiger partial charge on any atom is -0.309 e. The Morgan fingerprint density at radius 1 is 0.420 bits per heavy atom. The number of fused-ring (bicyclic) bond motifs is 4. The van der Waals surface area contributed by atoms with E-state index in [1.54, 1.807) is 0 Å². The molecule has 9 aromatic rings. The van der Waals surface area contributed by atoms with Gasteiger partial charge in [-0.3, -0.25) is 0 Å². The Labute approximate surface area is 292 Å². The number of benzene rings is 8. The van der Waals surface area contributed by atoms with E-state index in [1.807, 2.05) is 18.2 Å². The van der Waals surface area contributed by atoms with E-state index in [1.165, 1.54) is 32.7 Å². The predicted octanol–water partition coefficient (Wildman–Crippen LogP) is 12.5. The van der Waals surface area contributed by atoms with Gasteiger partial charge < -0.3 is 9.47 Å². The normalized spacial score (nSPS) is 11.0. The van der Waals surface area contributed by atoms with Gasteiger partial charge in [0.15, 0.2) is 0 Å². The average molecular weight is 637 g/mol. The molecule has 0 aliphatic heterocycles. The van der Waals surface area contributed by atoms with Gasteiger partial charge in [-0.15, -0.1) is 0 Å². The molecule has 0 radical (unpaired) electrons. The summed E-state index contributed by atoms with van der Waals surface area (Å²) in [5.41, 5.74) is 11.0. The molecule has 0 bridgehead atoms. The third-order valence-corrected chi connectivity index (χ3v) is 9.41. The first-order valence-electron chi connectivity index (χ1n) is 17.0. The third-order valence-electron chi connectivity index (χ3n) is 9.41. The summed E-state index contributed by atoms with van der Waals surface area (Å²) in [7, 11) is 0. The van der Waals surface area contributed by atoms with Crippen LogP contribution < -0.4 is 4.90 Å². The lowest BCUT2D eigenvalue weighted by atomic mass is 10.0. The molecule has 9 rings (SSSR count). The van der Waals surface area contributed by atoms with Gasteiger partial charge in [0, 0.05) is 38.5 Å². The minimum atomic E-state index is 0.977. The molecule has 0 amide bonds. The van der Waals surface area contributed by atoms with Crippen molar-refractivity contribution in [1.29, 1.82) is 0 Å². The first-order chi connectivity index (χ1) is 24.8. The van der Waals surface area contributed by atoms with Crippen molar-refractivity contribution >= 4 is 49.6 Å². The van der Waals surface area contributed by atoms with Gasteiger partial charge in [0.25, 0.3) is 0 Å². The van der Waals surface area contributed by atoms with Gasteiger partial charge in [0.05, 0.1) is 28.1 Å². The van der Waals surface area contributed by atoms with E-state index in [-0.39, 0.29) is 0 Å². The van der Waals surface area contributed by atoms with Crippen molar-refractivity contribution in [3.63, 3.8) is 0 Å². The van der Waals surface area contributed by atoms with E-state index in [4.69, 9.17) is 0 Å². The minimum absolute atomic E-state index is 0.977. The van der Waals surface area contributed by atoms with Crippen LogP contribution in [0.15, 0.2) is 194 Å². The Morgan fingerprint density at radius 2 is 1.06 bits per heavy atom. The maximum absolute atomic E-state index is 3.50. The summed E-state index contributed by atoms with van der Waals surface area (Å²) in [5, 5.41) is 4.80. The van der Waals surface area contributed by atoms with Crippen LogP contribution in [-0.2, 0) is 0 Å². The number of nitrogens with zero attached hydrogens (tertiary/aromatic N) is 2. The summed E-state index contributed by atoms with van der Waals surface area (Å²) in [6.07, 6.45) is 0. The van der Waals surface area contributed by atoms with Crippen molar-refractivity contribution in [2.45, 2.75) is 0 Å². The van der Waals surface area contributed by atoms with Crippen LogP contribution in [0.5, 0.6) is 0 Å². The fourth-order valence-corrected chi connectivity index (χ4v) is 7.13. The van der Waals surface area contributed by atoms with Crippen LogP contribution in [0.2, 0.25) is 0 Å². The number of para-hydroxylation sites is 3. The summed E-state index contributed by atoms with van der Waals surface area (Å²) in [4.78, 5) is 2.42. The molecule has 0 N–H and O–H groups in total. The lowest BCUT2D eigenvalue weighted by Gasteiger charge is -2.29. The van der Waals surface area contributed by atoms with Crippen LogP contribution in [-0.4, -0.2) is 4.57 Å². The number of hydrogen-bond donors (Lipinski definition) is 0. The smallest absolute Gasteiger partial charge is 0.0618 e. The zero-order valence-electron chi connectivity index (χ0n) is 27.4. The highest BCUT2D eigenvalue weighted by Crippen LogP contribution is 2.45. The van der Waals surface area contributed by atoms with Crippen molar-refractivity contribution in [2.24, 2.45) is 0 Å². The standard InChI is InChI=1S/C48H32N2/c1-3-16-35(17-4-1)30-31-38-21-8-12-26-44(38)50-47-28-14-11-25-42(47)43-33-32-39(34-48(43)50)49(46-29-15-22-37-20-7-9-23-41(37)46)45-27-13-10-24-40(45)36-18-5-2-6-19-36/h1-29,32-34H. The van der Waals surface area contributed by atoms with Crippen LogP contribution in [0.1, 0.15) is 11.1 Å². The Bertz CT molecular complexity index is 2710. The van der Waals surface area contributed by atoms with Crippen LogP contribution in [0, 0.1) is 11.8 Å².